The molecule has 1 amide bonds. The Bertz CT molecular complexity index is 1300. The van der Waals surface area contributed by atoms with Crippen LogP contribution < -0.4 is 5.32 Å². The van der Waals surface area contributed by atoms with E-state index < -0.39 is 0 Å². The van der Waals surface area contributed by atoms with E-state index in [1.54, 1.807) is 10.7 Å². The number of aromatic amines is 1. The molecule has 1 aromatic carbocycles. The third-order valence-corrected chi connectivity index (χ3v) is 5.47. The molecule has 0 radical (unpaired) electrons. The molecule has 2 N–H and O–H groups in total. The van der Waals surface area contributed by atoms with Gasteiger partial charge in [0.05, 0.1) is 17.4 Å². The summed E-state index contributed by atoms with van der Waals surface area (Å²) in [4.78, 5) is 19.9. The van der Waals surface area contributed by atoms with Gasteiger partial charge in [0, 0.05) is 54.1 Å². The van der Waals surface area contributed by atoms with Gasteiger partial charge in [0.2, 0.25) is 5.91 Å². The zero-order chi connectivity index (χ0) is 20.7. The Kier molecular flexibility index (Phi) is 4.32. The molecule has 0 unspecified atom stereocenters. The fourth-order valence-corrected chi connectivity index (χ4v) is 3.67. The second kappa shape index (κ2) is 7.16. The zero-order valence-corrected chi connectivity index (χ0v) is 16.5. The van der Waals surface area contributed by atoms with Crippen molar-refractivity contribution < 1.29 is 4.79 Å². The first kappa shape index (κ1) is 18.1. The van der Waals surface area contributed by atoms with Crippen LogP contribution in [0.4, 0.5) is 5.69 Å². The smallest absolute Gasteiger partial charge is 0.224 e. The standard InChI is InChI=1S/C23H20N6O/c1-29-13-18(11-27-29)17-8-19-20(12-26-23(19)25-10-17)15-4-5-21(16(7-15)9-24)28-22(30)6-14-2-3-14/h4-5,7-8,10-14H,2-3,6H2,1H3,(H,25,26)(H,28,30). The van der Waals surface area contributed by atoms with E-state index in [0.717, 1.165) is 46.1 Å². The zero-order valence-electron chi connectivity index (χ0n) is 16.5. The highest BCUT2D eigenvalue weighted by Crippen LogP contribution is 2.34. The summed E-state index contributed by atoms with van der Waals surface area (Å²) in [6, 6.07) is 9.82. The number of hydrogen-bond acceptors (Lipinski definition) is 4. The second-order valence-corrected chi connectivity index (χ2v) is 7.79. The summed E-state index contributed by atoms with van der Waals surface area (Å²) >= 11 is 0. The van der Waals surface area contributed by atoms with Crippen LogP contribution in [0.25, 0.3) is 33.3 Å². The van der Waals surface area contributed by atoms with Crippen LogP contribution in [0.15, 0.2) is 49.1 Å². The van der Waals surface area contributed by atoms with E-state index in [1.807, 2.05) is 44.0 Å². The molecule has 5 rings (SSSR count). The number of hydrogen-bond donors (Lipinski definition) is 2. The third kappa shape index (κ3) is 3.44. The minimum atomic E-state index is -0.0286. The molecule has 1 aliphatic rings. The molecule has 1 saturated carbocycles. The van der Waals surface area contributed by atoms with Gasteiger partial charge in [-0.2, -0.15) is 10.4 Å². The Morgan fingerprint density at radius 1 is 1.27 bits per heavy atom. The second-order valence-electron chi connectivity index (χ2n) is 7.79. The van der Waals surface area contributed by atoms with Crippen LogP contribution in [0.3, 0.4) is 0 Å². The summed E-state index contributed by atoms with van der Waals surface area (Å²) < 4.78 is 1.76. The normalized spacial score (nSPS) is 13.3. The number of fused-ring (bicyclic) bond motifs is 1. The lowest BCUT2D eigenvalue weighted by atomic mass is 10.0. The maximum atomic E-state index is 12.2. The SMILES string of the molecule is Cn1cc(-c2cnc3[nH]cc(-c4ccc(NC(=O)CC5CC5)c(C#N)c4)c3c2)cn1. The molecule has 30 heavy (non-hydrogen) atoms. The Balaban J connectivity index is 1.50. The highest BCUT2D eigenvalue weighted by Gasteiger charge is 2.24. The number of H-pyrrole nitrogens is 1. The van der Waals surface area contributed by atoms with Crippen LogP contribution >= 0.6 is 0 Å². The number of benzene rings is 1. The summed E-state index contributed by atoms with van der Waals surface area (Å²) in [7, 11) is 1.88. The molecule has 4 aromatic rings. The lowest BCUT2D eigenvalue weighted by Crippen LogP contribution is -2.12. The number of nitrogens with one attached hydrogen (secondary N) is 2. The van der Waals surface area contributed by atoms with Gasteiger partial charge in [-0.05, 0) is 42.5 Å². The van der Waals surface area contributed by atoms with Gasteiger partial charge >= 0.3 is 0 Å². The largest absolute Gasteiger partial charge is 0.346 e. The molecule has 1 fully saturated rings. The van der Waals surface area contributed by atoms with Crippen molar-refractivity contribution in [3.05, 3.63) is 54.6 Å². The maximum Gasteiger partial charge on any atom is 0.224 e. The van der Waals surface area contributed by atoms with Crippen LogP contribution in [0.2, 0.25) is 0 Å². The monoisotopic (exact) mass is 396 g/mol. The van der Waals surface area contributed by atoms with E-state index in [4.69, 9.17) is 0 Å². The van der Waals surface area contributed by atoms with Crippen molar-refractivity contribution >= 4 is 22.6 Å². The number of aromatic nitrogens is 4. The molecule has 0 aliphatic heterocycles. The highest BCUT2D eigenvalue weighted by atomic mass is 16.1. The van der Waals surface area contributed by atoms with Gasteiger partial charge in [-0.15, -0.1) is 0 Å². The number of rotatable bonds is 5. The predicted octanol–water partition coefficient (Wildman–Crippen LogP) is 4.24. The van der Waals surface area contributed by atoms with Crippen LogP contribution in [-0.2, 0) is 11.8 Å². The number of pyridine rings is 1. The lowest BCUT2D eigenvalue weighted by Gasteiger charge is -2.09. The van der Waals surface area contributed by atoms with Gasteiger partial charge < -0.3 is 10.3 Å². The Hall–Kier alpha value is -3.92. The first-order valence-corrected chi connectivity index (χ1v) is 9.91. The minimum absolute atomic E-state index is 0.0286. The summed E-state index contributed by atoms with van der Waals surface area (Å²) in [6.45, 7) is 0. The van der Waals surface area contributed by atoms with Crippen molar-refractivity contribution in [1.29, 1.82) is 5.26 Å². The Morgan fingerprint density at radius 2 is 2.13 bits per heavy atom. The molecular weight excluding hydrogens is 376 g/mol. The lowest BCUT2D eigenvalue weighted by molar-refractivity contribution is -0.116. The maximum absolute atomic E-state index is 12.2. The van der Waals surface area contributed by atoms with Crippen molar-refractivity contribution in [2.45, 2.75) is 19.3 Å². The molecule has 7 heteroatoms. The van der Waals surface area contributed by atoms with E-state index in [2.05, 4.69) is 32.5 Å². The fraction of sp³-hybridized carbons (Fsp3) is 0.217. The van der Waals surface area contributed by atoms with E-state index in [-0.39, 0.29) is 5.91 Å². The molecule has 3 aromatic heterocycles. The molecule has 3 heterocycles. The summed E-state index contributed by atoms with van der Waals surface area (Å²) in [6.07, 6.45) is 10.2. The number of nitrogens with zero attached hydrogens (tertiary/aromatic N) is 4. The van der Waals surface area contributed by atoms with Gasteiger partial charge in [0.1, 0.15) is 11.7 Å². The van der Waals surface area contributed by atoms with Crippen molar-refractivity contribution in [1.82, 2.24) is 19.7 Å². The summed E-state index contributed by atoms with van der Waals surface area (Å²) in [5.41, 5.74) is 5.59. The number of anilines is 1. The van der Waals surface area contributed by atoms with E-state index in [9.17, 15) is 10.1 Å². The molecular formula is C23H20N6O. The average molecular weight is 396 g/mol. The van der Waals surface area contributed by atoms with Gasteiger partial charge in [0.25, 0.3) is 0 Å². The number of nitriles is 1. The Labute approximate surface area is 173 Å². The van der Waals surface area contributed by atoms with Gasteiger partial charge in [0.15, 0.2) is 0 Å². The number of carbonyl (C=O) groups is 1. The Morgan fingerprint density at radius 3 is 2.87 bits per heavy atom. The first-order chi connectivity index (χ1) is 14.6. The molecule has 0 saturated heterocycles. The molecule has 7 nitrogen and oxygen atoms in total. The van der Waals surface area contributed by atoms with Crippen molar-refractivity contribution in [3.63, 3.8) is 0 Å². The van der Waals surface area contributed by atoms with Crippen LogP contribution in [0, 0.1) is 17.2 Å². The van der Waals surface area contributed by atoms with Gasteiger partial charge in [-0.3, -0.25) is 9.48 Å². The molecule has 0 spiro atoms. The fourth-order valence-electron chi connectivity index (χ4n) is 3.67. The van der Waals surface area contributed by atoms with Crippen LogP contribution in [-0.4, -0.2) is 25.7 Å². The molecule has 1 aliphatic carbocycles. The number of carbonyl (C=O) groups excluding carboxylic acids is 1. The quantitative estimate of drug-likeness (QED) is 0.527. The number of amides is 1. The highest BCUT2D eigenvalue weighted by molar-refractivity contribution is 5.97. The van der Waals surface area contributed by atoms with Gasteiger partial charge in [-0.1, -0.05) is 6.07 Å². The van der Waals surface area contributed by atoms with E-state index in [1.165, 1.54) is 0 Å². The summed E-state index contributed by atoms with van der Waals surface area (Å²) in [5, 5.41) is 17.7. The number of aryl methyl sites for hydroxylation is 1. The molecule has 148 valence electrons. The van der Waals surface area contributed by atoms with Crippen molar-refractivity contribution in [2.75, 3.05) is 5.32 Å². The minimum Gasteiger partial charge on any atom is -0.346 e. The van der Waals surface area contributed by atoms with Crippen LogP contribution in [0.1, 0.15) is 24.8 Å². The molecule has 0 atom stereocenters. The van der Waals surface area contributed by atoms with Crippen molar-refractivity contribution in [3.8, 4) is 28.3 Å². The molecule has 0 bridgehead atoms. The van der Waals surface area contributed by atoms with Crippen molar-refractivity contribution in [2.24, 2.45) is 13.0 Å². The first-order valence-electron chi connectivity index (χ1n) is 9.91. The van der Waals surface area contributed by atoms with E-state index >= 15 is 0 Å². The van der Waals surface area contributed by atoms with E-state index in [0.29, 0.717) is 23.6 Å². The average Bonchev–Trinajstić information content (AvgIpc) is 3.28. The van der Waals surface area contributed by atoms with Crippen LogP contribution in [0.5, 0.6) is 0 Å². The summed E-state index contributed by atoms with van der Waals surface area (Å²) in [5.74, 6) is 0.474. The predicted molar refractivity (Wildman–Crippen MR) is 114 cm³/mol. The van der Waals surface area contributed by atoms with Gasteiger partial charge in [-0.25, -0.2) is 4.98 Å². The topological polar surface area (TPSA) is 99.4 Å². The third-order valence-electron chi connectivity index (χ3n) is 5.47.